The number of hydrogen-bond acceptors (Lipinski definition) is 2. The fourth-order valence-electron chi connectivity index (χ4n) is 0.861. The highest BCUT2D eigenvalue weighted by atomic mass is 15.2. The summed E-state index contributed by atoms with van der Waals surface area (Å²) in [6, 6.07) is 0.0949. The molecule has 0 aromatic carbocycles. The van der Waals surface area contributed by atoms with Crippen LogP contribution in [0.5, 0.6) is 0 Å². The molecule has 0 rings (SSSR count). The van der Waals surface area contributed by atoms with Gasteiger partial charge in [0, 0.05) is 11.6 Å². The summed E-state index contributed by atoms with van der Waals surface area (Å²) >= 11 is 0. The van der Waals surface area contributed by atoms with Crippen LogP contribution in [-0.2, 0) is 0 Å². The zero-order chi connectivity index (χ0) is 9.94. The van der Waals surface area contributed by atoms with Gasteiger partial charge in [0.2, 0.25) is 0 Å². The molecule has 0 aliphatic rings. The minimum absolute atomic E-state index is 0.0251. The number of allylic oxidation sites excluding steroid dienone is 1. The van der Waals surface area contributed by atoms with E-state index in [0.717, 1.165) is 0 Å². The lowest BCUT2D eigenvalue weighted by molar-refractivity contribution is 0.177. The maximum atomic E-state index is 6.04. The van der Waals surface area contributed by atoms with Gasteiger partial charge in [0.15, 0.2) is 0 Å². The molecule has 2 nitrogen and oxygen atoms in total. The third kappa shape index (κ3) is 2.95. The van der Waals surface area contributed by atoms with Crippen LogP contribution in [0, 0.1) is 0 Å². The minimum Gasteiger partial charge on any atom is -0.323 e. The Morgan fingerprint density at radius 1 is 1.33 bits per heavy atom. The molecule has 0 saturated heterocycles. The molecule has 12 heavy (non-hydrogen) atoms. The molecule has 0 amide bonds. The van der Waals surface area contributed by atoms with E-state index >= 15 is 0 Å². The summed E-state index contributed by atoms with van der Waals surface area (Å²) in [7, 11) is 4.11. The number of nitrogens with zero attached hydrogens (tertiary/aromatic N) is 1. The molecule has 0 spiro atoms. The fourth-order valence-corrected chi connectivity index (χ4v) is 0.861. The first-order chi connectivity index (χ1) is 5.28. The number of nitrogens with two attached hydrogens (primary N) is 1. The first kappa shape index (κ1) is 11.7. The van der Waals surface area contributed by atoms with Crippen molar-refractivity contribution >= 4 is 0 Å². The second-order valence-electron chi connectivity index (χ2n) is 4.32. The predicted octanol–water partition coefficient (Wildman–Crippen LogP) is 1.62. The Hall–Kier alpha value is -0.340. The van der Waals surface area contributed by atoms with Gasteiger partial charge >= 0.3 is 0 Å². The standard InChI is InChI=1S/C10H22N2/c1-8(2)7-9(11)10(3,4)12(5)6/h7,9H,11H2,1-6H3. The molecule has 0 aliphatic carbocycles. The van der Waals surface area contributed by atoms with Crippen LogP contribution in [0.3, 0.4) is 0 Å². The first-order valence-corrected chi connectivity index (χ1v) is 4.36. The Morgan fingerprint density at radius 2 is 1.75 bits per heavy atom. The maximum absolute atomic E-state index is 6.04. The zero-order valence-electron chi connectivity index (χ0n) is 9.18. The van der Waals surface area contributed by atoms with E-state index in [9.17, 15) is 0 Å². The Morgan fingerprint density at radius 3 is 2.00 bits per heavy atom. The third-order valence-corrected chi connectivity index (χ3v) is 2.48. The number of hydrogen-bond donors (Lipinski definition) is 1. The molecule has 2 N–H and O–H groups in total. The Kier molecular flexibility index (Phi) is 3.94. The van der Waals surface area contributed by atoms with Gasteiger partial charge in [-0.15, -0.1) is 0 Å². The summed E-state index contributed by atoms with van der Waals surface area (Å²) in [6.07, 6.45) is 2.11. The molecule has 0 bridgehead atoms. The van der Waals surface area contributed by atoms with Gasteiger partial charge < -0.3 is 10.6 Å². The summed E-state index contributed by atoms with van der Waals surface area (Å²) in [5.74, 6) is 0. The van der Waals surface area contributed by atoms with Gasteiger partial charge in [-0.25, -0.2) is 0 Å². The topological polar surface area (TPSA) is 29.3 Å². The fraction of sp³-hybridized carbons (Fsp3) is 0.800. The van der Waals surface area contributed by atoms with Crippen molar-refractivity contribution in [1.82, 2.24) is 4.90 Å². The van der Waals surface area contributed by atoms with Gasteiger partial charge in [0.25, 0.3) is 0 Å². The van der Waals surface area contributed by atoms with Gasteiger partial charge in [0.05, 0.1) is 0 Å². The molecular formula is C10H22N2. The van der Waals surface area contributed by atoms with Crippen molar-refractivity contribution in [3.05, 3.63) is 11.6 Å². The highest BCUT2D eigenvalue weighted by Crippen LogP contribution is 2.15. The lowest BCUT2D eigenvalue weighted by Gasteiger charge is -2.36. The summed E-state index contributed by atoms with van der Waals surface area (Å²) < 4.78 is 0. The highest BCUT2D eigenvalue weighted by Gasteiger charge is 2.26. The van der Waals surface area contributed by atoms with E-state index in [1.54, 1.807) is 0 Å². The van der Waals surface area contributed by atoms with Crippen LogP contribution in [0.2, 0.25) is 0 Å². The average Bonchev–Trinajstić information content (AvgIpc) is 1.85. The number of rotatable bonds is 3. The highest BCUT2D eigenvalue weighted by molar-refractivity contribution is 5.07. The minimum atomic E-state index is 0.0251. The van der Waals surface area contributed by atoms with Crippen molar-refractivity contribution in [3.8, 4) is 0 Å². The molecule has 1 unspecified atom stereocenters. The molecule has 2 heteroatoms. The van der Waals surface area contributed by atoms with Gasteiger partial charge in [-0.1, -0.05) is 11.6 Å². The van der Waals surface area contributed by atoms with Crippen molar-refractivity contribution in [3.63, 3.8) is 0 Å². The number of likely N-dealkylation sites (N-methyl/N-ethyl adjacent to an activating group) is 1. The quantitative estimate of drug-likeness (QED) is 0.652. The molecule has 0 saturated carbocycles. The molecule has 0 aromatic heterocycles. The SMILES string of the molecule is CC(C)=CC(N)C(C)(C)N(C)C. The lowest BCUT2D eigenvalue weighted by atomic mass is 9.92. The summed E-state index contributed by atoms with van der Waals surface area (Å²) in [4.78, 5) is 2.15. The summed E-state index contributed by atoms with van der Waals surface area (Å²) in [6.45, 7) is 8.45. The molecule has 0 fully saturated rings. The first-order valence-electron chi connectivity index (χ1n) is 4.36. The third-order valence-electron chi connectivity index (χ3n) is 2.48. The van der Waals surface area contributed by atoms with E-state index in [1.165, 1.54) is 5.57 Å². The van der Waals surface area contributed by atoms with Gasteiger partial charge in [0.1, 0.15) is 0 Å². The average molecular weight is 170 g/mol. The predicted molar refractivity (Wildman–Crippen MR) is 55.2 cm³/mol. The molecule has 0 aromatic rings. The van der Waals surface area contributed by atoms with Gasteiger partial charge in [-0.3, -0.25) is 0 Å². The normalized spacial score (nSPS) is 14.7. The van der Waals surface area contributed by atoms with Crippen molar-refractivity contribution < 1.29 is 0 Å². The van der Waals surface area contributed by atoms with E-state index in [-0.39, 0.29) is 11.6 Å². The second-order valence-corrected chi connectivity index (χ2v) is 4.32. The largest absolute Gasteiger partial charge is 0.323 e. The lowest BCUT2D eigenvalue weighted by Crippen LogP contribution is -2.52. The zero-order valence-corrected chi connectivity index (χ0v) is 9.18. The van der Waals surface area contributed by atoms with Crippen LogP contribution in [-0.4, -0.2) is 30.6 Å². The van der Waals surface area contributed by atoms with E-state index in [4.69, 9.17) is 5.73 Å². The van der Waals surface area contributed by atoms with Crippen LogP contribution in [0.25, 0.3) is 0 Å². The molecule has 72 valence electrons. The van der Waals surface area contributed by atoms with Crippen LogP contribution in [0.15, 0.2) is 11.6 Å². The maximum Gasteiger partial charge on any atom is 0.0408 e. The van der Waals surface area contributed by atoms with E-state index in [1.807, 2.05) is 0 Å². The van der Waals surface area contributed by atoms with Crippen molar-refractivity contribution in [2.45, 2.75) is 39.3 Å². The van der Waals surface area contributed by atoms with E-state index in [0.29, 0.717) is 0 Å². The molecule has 0 heterocycles. The monoisotopic (exact) mass is 170 g/mol. The van der Waals surface area contributed by atoms with Crippen molar-refractivity contribution in [2.24, 2.45) is 5.73 Å². The molecule has 0 radical (unpaired) electrons. The van der Waals surface area contributed by atoms with E-state index in [2.05, 4.69) is 52.8 Å². The van der Waals surface area contributed by atoms with Crippen LogP contribution in [0.4, 0.5) is 0 Å². The molecule has 1 atom stereocenters. The van der Waals surface area contributed by atoms with Crippen LogP contribution < -0.4 is 5.73 Å². The summed E-state index contributed by atoms with van der Waals surface area (Å²) in [5.41, 5.74) is 7.34. The van der Waals surface area contributed by atoms with Crippen LogP contribution >= 0.6 is 0 Å². The molecular weight excluding hydrogens is 148 g/mol. The van der Waals surface area contributed by atoms with Crippen molar-refractivity contribution in [1.29, 1.82) is 0 Å². The Bertz CT molecular complexity index is 165. The van der Waals surface area contributed by atoms with Gasteiger partial charge in [-0.05, 0) is 41.8 Å². The smallest absolute Gasteiger partial charge is 0.0408 e. The van der Waals surface area contributed by atoms with Crippen LogP contribution in [0.1, 0.15) is 27.7 Å². The van der Waals surface area contributed by atoms with Crippen molar-refractivity contribution in [2.75, 3.05) is 14.1 Å². The molecule has 0 aliphatic heterocycles. The van der Waals surface area contributed by atoms with Gasteiger partial charge in [-0.2, -0.15) is 0 Å². The van der Waals surface area contributed by atoms with E-state index < -0.39 is 0 Å². The Balaban J connectivity index is 4.46. The Labute approximate surface area is 76.4 Å². The second kappa shape index (κ2) is 4.06. The summed E-state index contributed by atoms with van der Waals surface area (Å²) in [5, 5.41) is 0.